The predicted molar refractivity (Wildman–Crippen MR) is 164 cm³/mol. The van der Waals surface area contributed by atoms with E-state index in [4.69, 9.17) is 17.8 Å². The zero-order valence-electron chi connectivity index (χ0n) is 27.4. The zero-order chi connectivity index (χ0) is 42.6. The Balaban J connectivity index is 0.000000234. The van der Waals surface area contributed by atoms with Crippen LogP contribution in [0.3, 0.4) is 0 Å². The Kier molecular flexibility index (Phi) is 13.6. The molecule has 0 N–H and O–H groups in total. The van der Waals surface area contributed by atoms with Gasteiger partial charge in [0, 0.05) is 0 Å². The first kappa shape index (κ1) is 43.3. The highest BCUT2D eigenvalue weighted by Gasteiger charge is 2.50. The van der Waals surface area contributed by atoms with Gasteiger partial charge in [-0.3, -0.25) is 0 Å². The van der Waals surface area contributed by atoms with Gasteiger partial charge in [0.1, 0.15) is 11.5 Å². The van der Waals surface area contributed by atoms with Gasteiger partial charge in [0.15, 0.2) is 0 Å². The van der Waals surface area contributed by atoms with Gasteiger partial charge >= 0.3 is 46.6 Å². The van der Waals surface area contributed by atoms with Crippen LogP contribution in [0.15, 0.2) is 60.7 Å². The molecule has 2 heterocycles. The molecule has 4 atom stereocenters. The van der Waals surface area contributed by atoms with Crippen LogP contribution in [0.25, 0.3) is 0 Å². The summed E-state index contributed by atoms with van der Waals surface area (Å²) in [7, 11) is 0. The molecule has 0 saturated carbocycles. The lowest BCUT2D eigenvalue weighted by molar-refractivity contribution is -0.153. The molecular formula is C32H14F10O14S2. The first-order valence-electron chi connectivity index (χ1n) is 14.9. The third-order valence-electron chi connectivity index (χ3n) is 6.88. The summed E-state index contributed by atoms with van der Waals surface area (Å²) in [6.45, 7) is 0. The van der Waals surface area contributed by atoms with Crippen molar-refractivity contribution in [3.05, 3.63) is 119 Å². The van der Waals surface area contributed by atoms with Gasteiger partial charge in [-0.1, -0.05) is 36.4 Å². The summed E-state index contributed by atoms with van der Waals surface area (Å²) >= 11 is -5.32. The Bertz CT molecular complexity index is 2110. The van der Waals surface area contributed by atoms with Crippen LogP contribution >= 0.6 is 0 Å². The molecule has 0 amide bonds. The standard InChI is InChI=1S/C16H2F10O7S.C16H12O7S/c17-1-3(19)7(23)11(8(24)4(1)20)30-15(27)13-14(33-34(29)32-13)16(28)31-12-9(25)5(21)2(18)6(22)10(12)26;17-15(20-11-7-3-1-4-8-11)13-14(23-24(19)22-13)16(18)21-12-9-5-2-6-10-12/h13-14H;1-10,13-14H. The minimum Gasteiger partial charge on any atom is -0.424 e. The molecular weight excluding hydrogens is 862 g/mol. The smallest absolute Gasteiger partial charge is 0.345 e. The van der Waals surface area contributed by atoms with Crippen molar-refractivity contribution in [3.63, 3.8) is 0 Å². The highest BCUT2D eigenvalue weighted by atomic mass is 32.2. The van der Waals surface area contributed by atoms with Gasteiger partial charge in [-0.2, -0.15) is 26.0 Å². The Morgan fingerprint density at radius 1 is 0.379 bits per heavy atom. The molecule has 0 spiro atoms. The van der Waals surface area contributed by atoms with Gasteiger partial charge in [-0.15, -0.1) is 0 Å². The van der Waals surface area contributed by atoms with E-state index in [2.05, 4.69) is 17.8 Å². The Hall–Kier alpha value is -5.80. The number of para-hydroxylation sites is 2. The van der Waals surface area contributed by atoms with E-state index in [9.17, 15) is 71.5 Å². The summed E-state index contributed by atoms with van der Waals surface area (Å²) in [6.07, 6.45) is -8.38. The van der Waals surface area contributed by atoms with E-state index >= 15 is 0 Å². The molecule has 4 aromatic rings. The number of ether oxygens (including phenoxy) is 4. The second-order valence-corrected chi connectivity index (χ2v) is 12.2. The quantitative estimate of drug-likeness (QED) is 0.0795. The third kappa shape index (κ3) is 9.32. The van der Waals surface area contributed by atoms with E-state index in [-0.39, 0.29) is 11.5 Å². The van der Waals surface area contributed by atoms with Crippen LogP contribution in [0, 0.1) is 58.2 Å². The Morgan fingerprint density at radius 2 is 0.603 bits per heavy atom. The topological polar surface area (TPSA) is 176 Å². The van der Waals surface area contributed by atoms with E-state index in [1.54, 1.807) is 60.7 Å². The summed E-state index contributed by atoms with van der Waals surface area (Å²) in [4.78, 5) is 48.5. The summed E-state index contributed by atoms with van der Waals surface area (Å²) in [5.41, 5.74) is 0. The monoisotopic (exact) mass is 876 g/mol. The molecule has 2 aliphatic heterocycles. The fourth-order valence-corrected chi connectivity index (χ4v) is 5.71. The molecule has 0 aromatic heterocycles. The van der Waals surface area contributed by atoms with E-state index in [0.29, 0.717) is 0 Å². The lowest BCUT2D eigenvalue weighted by atomic mass is 10.2. The van der Waals surface area contributed by atoms with Crippen LogP contribution in [0.4, 0.5) is 43.9 Å². The summed E-state index contributed by atoms with van der Waals surface area (Å²) < 4.78 is 193. The largest absolute Gasteiger partial charge is 0.424 e. The number of halogens is 10. The van der Waals surface area contributed by atoms with Gasteiger partial charge in [0.25, 0.3) is 0 Å². The van der Waals surface area contributed by atoms with Crippen LogP contribution < -0.4 is 18.9 Å². The molecule has 0 aliphatic carbocycles. The highest BCUT2D eigenvalue weighted by Crippen LogP contribution is 2.33. The molecule has 2 fully saturated rings. The molecule has 14 nitrogen and oxygen atoms in total. The SMILES string of the molecule is O=C(Oc1c(F)c(F)c(F)c(F)c1F)C1OS(=O)OC1C(=O)Oc1c(F)c(F)c(F)c(F)c1F.O=C(Oc1ccccc1)C1OS(=O)OC1C(=O)Oc1ccccc1. The number of hydrogen-bond acceptors (Lipinski definition) is 14. The number of benzene rings is 4. The molecule has 26 heteroatoms. The van der Waals surface area contributed by atoms with E-state index in [0.717, 1.165) is 0 Å². The summed E-state index contributed by atoms with van der Waals surface area (Å²) in [5.74, 6) is -36.1. The zero-order valence-corrected chi connectivity index (χ0v) is 29.0. The molecule has 58 heavy (non-hydrogen) atoms. The lowest BCUT2D eigenvalue weighted by Crippen LogP contribution is -2.42. The second kappa shape index (κ2) is 18.2. The van der Waals surface area contributed by atoms with Crippen LogP contribution in [0.5, 0.6) is 23.0 Å². The van der Waals surface area contributed by atoms with E-state index < -0.39 is 141 Å². The Labute approximate surface area is 319 Å². The molecule has 6 rings (SSSR count). The van der Waals surface area contributed by atoms with Crippen molar-refractivity contribution in [2.45, 2.75) is 24.4 Å². The van der Waals surface area contributed by atoms with Crippen molar-refractivity contribution in [2.24, 2.45) is 0 Å². The predicted octanol–water partition coefficient (Wildman–Crippen LogP) is 4.51. The minimum atomic E-state index is -3.08. The number of carbonyl (C=O) groups excluding carboxylic acids is 4. The summed E-state index contributed by atoms with van der Waals surface area (Å²) in [5, 5.41) is 0. The number of rotatable bonds is 8. The van der Waals surface area contributed by atoms with E-state index in [1.807, 2.05) is 0 Å². The molecule has 4 unspecified atom stereocenters. The molecule has 0 bridgehead atoms. The average Bonchev–Trinajstić information content (AvgIpc) is 3.81. The number of esters is 4. The van der Waals surface area contributed by atoms with Crippen molar-refractivity contribution in [1.82, 2.24) is 0 Å². The maximum atomic E-state index is 13.7. The van der Waals surface area contributed by atoms with Gasteiger partial charge in [0.2, 0.25) is 94.1 Å². The minimum absolute atomic E-state index is 0.263. The maximum absolute atomic E-state index is 13.7. The van der Waals surface area contributed by atoms with Gasteiger partial charge in [-0.25, -0.2) is 62.3 Å². The van der Waals surface area contributed by atoms with Gasteiger partial charge < -0.3 is 18.9 Å². The van der Waals surface area contributed by atoms with Crippen LogP contribution in [-0.2, 0) is 58.6 Å². The Morgan fingerprint density at radius 3 is 0.862 bits per heavy atom. The number of carbonyl (C=O) groups is 4. The lowest BCUT2D eigenvalue weighted by Gasteiger charge is -2.15. The summed E-state index contributed by atoms with van der Waals surface area (Å²) in [6, 6.07) is 16.4. The fourth-order valence-electron chi connectivity index (χ4n) is 4.23. The van der Waals surface area contributed by atoms with Crippen molar-refractivity contribution in [2.75, 3.05) is 0 Å². The van der Waals surface area contributed by atoms with Crippen molar-refractivity contribution in [1.29, 1.82) is 0 Å². The van der Waals surface area contributed by atoms with Crippen LogP contribution in [-0.4, -0.2) is 56.7 Å². The van der Waals surface area contributed by atoms with Crippen LogP contribution in [0.2, 0.25) is 0 Å². The van der Waals surface area contributed by atoms with Crippen molar-refractivity contribution < 1.29 is 107 Å². The first-order chi connectivity index (χ1) is 27.4. The average molecular weight is 877 g/mol. The molecule has 308 valence electrons. The van der Waals surface area contributed by atoms with Crippen molar-refractivity contribution >= 4 is 46.6 Å². The first-order valence-corrected chi connectivity index (χ1v) is 16.9. The van der Waals surface area contributed by atoms with Crippen LogP contribution in [0.1, 0.15) is 0 Å². The maximum Gasteiger partial charge on any atom is 0.345 e. The van der Waals surface area contributed by atoms with Crippen molar-refractivity contribution in [3.8, 4) is 23.0 Å². The molecule has 4 aromatic carbocycles. The molecule has 0 radical (unpaired) electrons. The fraction of sp³-hybridized carbons (Fsp3) is 0.125. The second-order valence-electron chi connectivity index (χ2n) is 10.6. The number of hydrogen-bond donors (Lipinski definition) is 0. The third-order valence-corrected chi connectivity index (χ3v) is 8.33. The molecule has 2 aliphatic rings. The van der Waals surface area contributed by atoms with Gasteiger partial charge in [0.05, 0.1) is 0 Å². The highest BCUT2D eigenvalue weighted by molar-refractivity contribution is 7.75. The van der Waals surface area contributed by atoms with Gasteiger partial charge in [-0.05, 0) is 24.3 Å². The van der Waals surface area contributed by atoms with E-state index in [1.165, 1.54) is 0 Å². The molecule has 2 saturated heterocycles. The normalized spacial score (nSPS) is 21.1.